The third-order valence-corrected chi connectivity index (χ3v) is 4.62. The second-order valence-corrected chi connectivity index (χ2v) is 8.08. The number of ether oxygens (including phenoxy) is 1. The van der Waals surface area contributed by atoms with Crippen molar-refractivity contribution in [1.29, 1.82) is 0 Å². The van der Waals surface area contributed by atoms with Crippen LogP contribution in [0.1, 0.15) is 44.7 Å². The van der Waals surface area contributed by atoms with Crippen molar-refractivity contribution in [2.75, 3.05) is 6.61 Å². The normalized spacial score (nSPS) is 11.3. The van der Waals surface area contributed by atoms with Crippen LogP contribution in [0.2, 0.25) is 10.0 Å². The summed E-state index contributed by atoms with van der Waals surface area (Å²) in [6, 6.07) is 13.4. The molecule has 0 spiro atoms. The van der Waals surface area contributed by atoms with E-state index in [4.69, 9.17) is 27.9 Å². The molecule has 26 heavy (non-hydrogen) atoms. The Morgan fingerprint density at radius 2 is 1.77 bits per heavy atom. The molecule has 0 bridgehead atoms. The molecular formula is C21H25Cl2NO2. The van der Waals surface area contributed by atoms with Crippen molar-refractivity contribution in [3.05, 3.63) is 63.6 Å². The highest BCUT2D eigenvalue weighted by atomic mass is 35.5. The summed E-state index contributed by atoms with van der Waals surface area (Å²) in [5, 5.41) is 4.00. The van der Waals surface area contributed by atoms with E-state index < -0.39 is 0 Å². The van der Waals surface area contributed by atoms with Crippen LogP contribution >= 0.6 is 23.2 Å². The first kappa shape index (κ1) is 20.6. The zero-order valence-corrected chi connectivity index (χ0v) is 17.0. The summed E-state index contributed by atoms with van der Waals surface area (Å²) in [5.74, 6) is 0.800. The molecule has 2 rings (SSSR count). The highest BCUT2D eigenvalue weighted by Crippen LogP contribution is 2.24. The van der Waals surface area contributed by atoms with Gasteiger partial charge in [0.2, 0.25) is 5.91 Å². The molecule has 0 aromatic heterocycles. The Bertz CT molecular complexity index is 737. The second-order valence-electron chi connectivity index (χ2n) is 7.24. The van der Waals surface area contributed by atoms with E-state index in [1.54, 1.807) is 12.1 Å². The molecule has 3 nitrogen and oxygen atoms in total. The van der Waals surface area contributed by atoms with Crippen LogP contribution in [0.15, 0.2) is 42.5 Å². The third-order valence-electron chi connectivity index (χ3n) is 4.03. The fraction of sp³-hybridized carbons (Fsp3) is 0.381. The number of hydrogen-bond donors (Lipinski definition) is 1. The first-order chi connectivity index (χ1) is 12.3. The summed E-state index contributed by atoms with van der Waals surface area (Å²) in [7, 11) is 0. The molecule has 1 N–H and O–H groups in total. The number of halogens is 2. The van der Waals surface area contributed by atoms with Crippen LogP contribution in [-0.2, 0) is 16.8 Å². The smallest absolute Gasteiger partial charge is 0.220 e. The molecule has 2 aromatic rings. The van der Waals surface area contributed by atoms with Gasteiger partial charge in [-0.25, -0.2) is 0 Å². The maximum absolute atomic E-state index is 11.9. The Kier molecular flexibility index (Phi) is 7.36. The van der Waals surface area contributed by atoms with Crippen LogP contribution in [0.25, 0.3) is 0 Å². The van der Waals surface area contributed by atoms with Crippen molar-refractivity contribution in [2.24, 2.45) is 0 Å². The Balaban J connectivity index is 1.68. The fourth-order valence-electron chi connectivity index (χ4n) is 2.42. The minimum Gasteiger partial charge on any atom is -0.494 e. The van der Waals surface area contributed by atoms with Crippen LogP contribution in [0.3, 0.4) is 0 Å². The van der Waals surface area contributed by atoms with Gasteiger partial charge in [0.05, 0.1) is 6.61 Å². The quantitative estimate of drug-likeness (QED) is 0.606. The maximum Gasteiger partial charge on any atom is 0.220 e. The van der Waals surface area contributed by atoms with Crippen LogP contribution in [0, 0.1) is 0 Å². The Hall–Kier alpha value is -1.71. The highest BCUT2D eigenvalue weighted by Gasteiger charge is 2.13. The summed E-state index contributed by atoms with van der Waals surface area (Å²) in [5.41, 5.74) is 2.24. The average molecular weight is 394 g/mol. The van der Waals surface area contributed by atoms with Gasteiger partial charge in [-0.3, -0.25) is 4.79 Å². The predicted molar refractivity (Wildman–Crippen MR) is 108 cm³/mol. The fourth-order valence-corrected chi connectivity index (χ4v) is 2.90. The summed E-state index contributed by atoms with van der Waals surface area (Å²) < 4.78 is 5.70. The van der Waals surface area contributed by atoms with Gasteiger partial charge < -0.3 is 10.1 Å². The topological polar surface area (TPSA) is 38.3 Å². The van der Waals surface area contributed by atoms with Gasteiger partial charge in [-0.2, -0.15) is 0 Å². The molecule has 1 amide bonds. The van der Waals surface area contributed by atoms with E-state index >= 15 is 0 Å². The highest BCUT2D eigenvalue weighted by molar-refractivity contribution is 6.35. The van der Waals surface area contributed by atoms with E-state index in [1.165, 1.54) is 5.56 Å². The summed E-state index contributed by atoms with van der Waals surface area (Å²) in [4.78, 5) is 11.9. The van der Waals surface area contributed by atoms with Gasteiger partial charge in [0.1, 0.15) is 5.75 Å². The molecular weight excluding hydrogens is 369 g/mol. The molecule has 5 heteroatoms. The van der Waals surface area contributed by atoms with E-state index in [0.29, 0.717) is 36.0 Å². The Morgan fingerprint density at radius 1 is 1.08 bits per heavy atom. The minimum atomic E-state index is -0.0253. The van der Waals surface area contributed by atoms with Gasteiger partial charge in [-0.1, -0.05) is 62.2 Å². The van der Waals surface area contributed by atoms with Crippen molar-refractivity contribution < 1.29 is 9.53 Å². The number of carbonyl (C=O) groups is 1. The molecule has 0 aliphatic heterocycles. The van der Waals surface area contributed by atoms with E-state index in [2.05, 4.69) is 38.2 Å². The van der Waals surface area contributed by atoms with E-state index in [9.17, 15) is 4.79 Å². The molecule has 0 saturated carbocycles. The van der Waals surface area contributed by atoms with Crippen LogP contribution in [0.5, 0.6) is 5.75 Å². The summed E-state index contributed by atoms with van der Waals surface area (Å²) in [6.07, 6.45) is 1.06. The van der Waals surface area contributed by atoms with Gasteiger partial charge >= 0.3 is 0 Å². The van der Waals surface area contributed by atoms with Crippen LogP contribution < -0.4 is 10.1 Å². The number of rotatable bonds is 7. The largest absolute Gasteiger partial charge is 0.494 e. The Morgan fingerprint density at radius 3 is 2.38 bits per heavy atom. The Labute approximate surface area is 165 Å². The average Bonchev–Trinajstić information content (AvgIpc) is 2.57. The molecule has 2 aromatic carbocycles. The van der Waals surface area contributed by atoms with Crippen molar-refractivity contribution in [3.8, 4) is 5.75 Å². The molecule has 0 aliphatic carbocycles. The number of carbonyl (C=O) groups excluding carboxylic acids is 1. The van der Waals surface area contributed by atoms with Gasteiger partial charge in [0, 0.05) is 23.0 Å². The molecule has 0 saturated heterocycles. The monoisotopic (exact) mass is 393 g/mol. The first-order valence-corrected chi connectivity index (χ1v) is 9.45. The zero-order chi connectivity index (χ0) is 19.2. The maximum atomic E-state index is 11.9. The predicted octanol–water partition coefficient (Wildman–Crippen LogP) is 5.77. The SMILES string of the molecule is CC(C)(C)c1ccc(OCCCC(=O)NCc2ccc(Cl)cc2Cl)cc1. The molecule has 0 radical (unpaired) electrons. The van der Waals surface area contributed by atoms with Gasteiger partial charge in [0.25, 0.3) is 0 Å². The lowest BCUT2D eigenvalue weighted by molar-refractivity contribution is -0.121. The van der Waals surface area contributed by atoms with Crippen molar-refractivity contribution in [1.82, 2.24) is 5.32 Å². The van der Waals surface area contributed by atoms with E-state index in [0.717, 1.165) is 11.3 Å². The van der Waals surface area contributed by atoms with E-state index in [-0.39, 0.29) is 11.3 Å². The van der Waals surface area contributed by atoms with Crippen LogP contribution in [0.4, 0.5) is 0 Å². The standard InChI is InChI=1S/C21H25Cl2NO2/c1-21(2,3)16-7-10-18(11-8-16)26-12-4-5-20(25)24-14-15-6-9-17(22)13-19(15)23/h6-11,13H,4-5,12,14H2,1-3H3,(H,24,25). The lowest BCUT2D eigenvalue weighted by atomic mass is 9.87. The lowest BCUT2D eigenvalue weighted by Gasteiger charge is -2.19. The molecule has 0 aliphatic rings. The lowest BCUT2D eigenvalue weighted by Crippen LogP contribution is -2.23. The van der Waals surface area contributed by atoms with Crippen molar-refractivity contribution in [2.45, 2.75) is 45.6 Å². The summed E-state index contributed by atoms with van der Waals surface area (Å²) >= 11 is 12.0. The van der Waals surface area contributed by atoms with Crippen molar-refractivity contribution in [3.63, 3.8) is 0 Å². The van der Waals surface area contributed by atoms with E-state index in [1.807, 2.05) is 18.2 Å². The molecule has 0 heterocycles. The molecule has 0 fully saturated rings. The second kappa shape index (κ2) is 9.29. The number of hydrogen-bond acceptors (Lipinski definition) is 2. The molecule has 0 unspecified atom stereocenters. The molecule has 140 valence electrons. The number of amides is 1. The first-order valence-electron chi connectivity index (χ1n) is 8.69. The minimum absolute atomic E-state index is 0.0253. The van der Waals surface area contributed by atoms with Crippen molar-refractivity contribution >= 4 is 29.1 Å². The number of nitrogens with one attached hydrogen (secondary N) is 1. The molecule has 0 atom stereocenters. The third kappa shape index (κ3) is 6.54. The van der Waals surface area contributed by atoms with Crippen LogP contribution in [-0.4, -0.2) is 12.5 Å². The van der Waals surface area contributed by atoms with Gasteiger partial charge in [0.15, 0.2) is 0 Å². The van der Waals surface area contributed by atoms with Gasteiger partial charge in [-0.15, -0.1) is 0 Å². The summed E-state index contributed by atoms with van der Waals surface area (Å²) in [6.45, 7) is 7.43. The number of benzene rings is 2. The zero-order valence-electron chi connectivity index (χ0n) is 15.4. The van der Waals surface area contributed by atoms with Gasteiger partial charge in [-0.05, 0) is 47.2 Å².